The fourth-order valence-corrected chi connectivity index (χ4v) is 5.28. The molecule has 3 aliphatic rings. The lowest BCUT2D eigenvalue weighted by molar-refractivity contribution is -0.151. The van der Waals surface area contributed by atoms with Crippen LogP contribution in [-0.2, 0) is 6.18 Å². The summed E-state index contributed by atoms with van der Waals surface area (Å²) in [5, 5.41) is 0.576. The van der Waals surface area contributed by atoms with E-state index in [1.807, 2.05) is 31.2 Å². The minimum atomic E-state index is -4.45. The van der Waals surface area contributed by atoms with Crippen molar-refractivity contribution >= 4 is 11.8 Å². The third-order valence-corrected chi connectivity index (χ3v) is 6.70. The number of rotatable bonds is 3. The van der Waals surface area contributed by atoms with Gasteiger partial charge in [0.05, 0.1) is 12.2 Å². The summed E-state index contributed by atoms with van der Waals surface area (Å²) in [5.74, 6) is -0.486. The van der Waals surface area contributed by atoms with Crippen LogP contribution in [0.1, 0.15) is 37.2 Å². The Hall–Kier alpha value is -1.47. The topological polar surface area (TPSA) is 21.1 Å². The van der Waals surface area contributed by atoms with Crippen molar-refractivity contribution in [2.45, 2.75) is 54.9 Å². The Kier molecular flexibility index (Phi) is 4.55. The SMILES string of the molecule is Cc1ccc(Sc2cnc(C(F)(F)F)n2[C@@H]2C3CCN(CC3)[C@H]2C)cc1. The van der Waals surface area contributed by atoms with Crippen molar-refractivity contribution in [2.75, 3.05) is 13.1 Å². The lowest BCUT2D eigenvalue weighted by Crippen LogP contribution is -2.54. The first kappa shape index (κ1) is 17.9. The van der Waals surface area contributed by atoms with Gasteiger partial charge in [0.2, 0.25) is 5.82 Å². The van der Waals surface area contributed by atoms with Crippen LogP contribution in [0.25, 0.3) is 0 Å². The average molecular weight is 381 g/mol. The molecule has 0 aliphatic carbocycles. The van der Waals surface area contributed by atoms with Crippen molar-refractivity contribution in [1.82, 2.24) is 14.5 Å². The summed E-state index contributed by atoms with van der Waals surface area (Å²) >= 11 is 1.36. The molecule has 26 heavy (non-hydrogen) atoms. The Bertz CT molecular complexity index is 774. The minimum absolute atomic E-state index is 0.0927. The van der Waals surface area contributed by atoms with E-state index in [1.165, 1.54) is 22.5 Å². The number of imidazole rings is 1. The van der Waals surface area contributed by atoms with E-state index in [0.29, 0.717) is 5.03 Å². The zero-order chi connectivity index (χ0) is 18.5. The number of halogens is 3. The van der Waals surface area contributed by atoms with Crippen LogP contribution in [0.15, 0.2) is 40.4 Å². The summed E-state index contributed by atoms with van der Waals surface area (Å²) < 4.78 is 42.5. The number of aromatic nitrogens is 2. The Labute approximate surface area is 155 Å². The number of hydrogen-bond donors (Lipinski definition) is 0. The Morgan fingerprint density at radius 3 is 2.35 bits per heavy atom. The van der Waals surface area contributed by atoms with Crippen LogP contribution in [0, 0.1) is 12.8 Å². The first-order valence-electron chi connectivity index (χ1n) is 8.97. The van der Waals surface area contributed by atoms with E-state index in [9.17, 15) is 13.2 Å². The van der Waals surface area contributed by atoms with Gasteiger partial charge in [-0.3, -0.25) is 4.90 Å². The predicted octanol–water partition coefficient (Wildman–Crippen LogP) is 5.02. The van der Waals surface area contributed by atoms with Crippen LogP contribution in [0.2, 0.25) is 0 Å². The van der Waals surface area contributed by atoms with Crippen molar-refractivity contribution in [3.8, 4) is 0 Å². The molecular weight excluding hydrogens is 359 g/mol. The maximum absolute atomic E-state index is 13.7. The van der Waals surface area contributed by atoms with Crippen LogP contribution in [-0.4, -0.2) is 33.6 Å². The van der Waals surface area contributed by atoms with E-state index < -0.39 is 12.0 Å². The lowest BCUT2D eigenvalue weighted by atomic mass is 9.79. The Morgan fingerprint density at radius 1 is 1.12 bits per heavy atom. The second kappa shape index (κ2) is 6.60. The normalized spacial score (nSPS) is 28.5. The van der Waals surface area contributed by atoms with Crippen molar-refractivity contribution in [3.05, 3.63) is 41.9 Å². The molecule has 3 saturated heterocycles. The Morgan fingerprint density at radius 2 is 1.77 bits per heavy atom. The van der Waals surface area contributed by atoms with Gasteiger partial charge in [-0.15, -0.1) is 0 Å². The van der Waals surface area contributed by atoms with E-state index in [-0.39, 0.29) is 18.0 Å². The van der Waals surface area contributed by atoms with Gasteiger partial charge in [0.1, 0.15) is 5.03 Å². The van der Waals surface area contributed by atoms with Gasteiger partial charge in [0.25, 0.3) is 0 Å². The molecule has 3 aliphatic heterocycles. The fraction of sp³-hybridized carbons (Fsp3) is 0.526. The van der Waals surface area contributed by atoms with Gasteiger partial charge in [0.15, 0.2) is 0 Å². The summed E-state index contributed by atoms with van der Waals surface area (Å²) in [7, 11) is 0. The first-order chi connectivity index (χ1) is 12.3. The van der Waals surface area contributed by atoms with Gasteiger partial charge in [-0.05, 0) is 57.8 Å². The van der Waals surface area contributed by atoms with Crippen LogP contribution >= 0.6 is 11.8 Å². The maximum Gasteiger partial charge on any atom is 0.449 e. The molecule has 0 radical (unpaired) electrons. The molecule has 5 rings (SSSR count). The lowest BCUT2D eigenvalue weighted by Gasteiger charge is -2.50. The van der Waals surface area contributed by atoms with Gasteiger partial charge in [-0.25, -0.2) is 4.98 Å². The van der Waals surface area contributed by atoms with Gasteiger partial charge in [-0.2, -0.15) is 13.2 Å². The van der Waals surface area contributed by atoms with E-state index >= 15 is 0 Å². The quantitative estimate of drug-likeness (QED) is 0.745. The van der Waals surface area contributed by atoms with Crippen molar-refractivity contribution < 1.29 is 13.2 Å². The number of nitrogens with zero attached hydrogens (tertiary/aromatic N) is 3. The molecule has 0 unspecified atom stereocenters. The highest BCUT2D eigenvalue weighted by Gasteiger charge is 2.46. The van der Waals surface area contributed by atoms with Gasteiger partial charge in [-0.1, -0.05) is 29.5 Å². The standard InChI is InChI=1S/C19H22F3N3S/c1-12-3-5-15(6-4-12)26-16-11-23-18(19(20,21)22)25(16)17-13(2)24-9-7-14(17)8-10-24/h3-6,11,13-14,17H,7-10H2,1-2H3/t13-,17-/m0/s1. The number of fused-ring (bicyclic) bond motifs is 3. The molecule has 0 amide bonds. The van der Waals surface area contributed by atoms with E-state index in [1.54, 1.807) is 0 Å². The van der Waals surface area contributed by atoms with Gasteiger partial charge < -0.3 is 4.57 Å². The van der Waals surface area contributed by atoms with Crippen LogP contribution in [0.5, 0.6) is 0 Å². The second-order valence-corrected chi connectivity index (χ2v) is 8.40. The molecule has 2 aromatic rings. The molecule has 4 heterocycles. The first-order valence-corrected chi connectivity index (χ1v) is 9.79. The smallest absolute Gasteiger partial charge is 0.310 e. The molecular formula is C19H22F3N3S. The van der Waals surface area contributed by atoms with Gasteiger partial charge in [0, 0.05) is 10.9 Å². The molecule has 0 N–H and O–H groups in total. The number of aryl methyl sites for hydroxylation is 1. The van der Waals surface area contributed by atoms with E-state index in [2.05, 4.69) is 16.8 Å². The fourth-order valence-electron chi connectivity index (χ4n) is 4.35. The molecule has 7 heteroatoms. The third kappa shape index (κ3) is 3.16. The zero-order valence-electron chi connectivity index (χ0n) is 14.8. The number of alkyl halides is 3. The van der Waals surface area contributed by atoms with Crippen LogP contribution in [0.3, 0.4) is 0 Å². The monoisotopic (exact) mass is 381 g/mol. The molecule has 0 spiro atoms. The van der Waals surface area contributed by atoms with Crippen molar-refractivity contribution in [1.29, 1.82) is 0 Å². The highest BCUT2D eigenvalue weighted by Crippen LogP contribution is 2.45. The molecule has 2 bridgehead atoms. The van der Waals surface area contributed by atoms with E-state index in [4.69, 9.17) is 0 Å². The summed E-state index contributed by atoms with van der Waals surface area (Å²) in [5.41, 5.74) is 1.13. The van der Waals surface area contributed by atoms with Crippen LogP contribution < -0.4 is 0 Å². The summed E-state index contributed by atoms with van der Waals surface area (Å²) in [6, 6.07) is 7.77. The number of benzene rings is 1. The Balaban J connectivity index is 1.76. The largest absolute Gasteiger partial charge is 0.449 e. The second-order valence-electron chi connectivity index (χ2n) is 7.31. The average Bonchev–Trinajstić information content (AvgIpc) is 3.01. The van der Waals surface area contributed by atoms with Gasteiger partial charge >= 0.3 is 6.18 Å². The number of piperidine rings is 3. The van der Waals surface area contributed by atoms with Crippen molar-refractivity contribution in [3.63, 3.8) is 0 Å². The number of hydrogen-bond acceptors (Lipinski definition) is 3. The molecule has 1 aromatic carbocycles. The molecule has 2 atom stereocenters. The summed E-state index contributed by atoms with van der Waals surface area (Å²) in [6.07, 6.45) is -1.15. The molecule has 0 saturated carbocycles. The van der Waals surface area contributed by atoms with Crippen molar-refractivity contribution in [2.24, 2.45) is 5.92 Å². The third-order valence-electron chi connectivity index (χ3n) is 5.69. The summed E-state index contributed by atoms with van der Waals surface area (Å²) in [4.78, 5) is 7.03. The highest BCUT2D eigenvalue weighted by atomic mass is 32.2. The summed E-state index contributed by atoms with van der Waals surface area (Å²) in [6.45, 7) is 6.02. The predicted molar refractivity (Wildman–Crippen MR) is 95.3 cm³/mol. The molecule has 140 valence electrons. The molecule has 1 aromatic heterocycles. The minimum Gasteiger partial charge on any atom is -0.310 e. The molecule has 3 fully saturated rings. The maximum atomic E-state index is 13.7. The van der Waals surface area contributed by atoms with Crippen LogP contribution in [0.4, 0.5) is 13.2 Å². The zero-order valence-corrected chi connectivity index (χ0v) is 15.6. The highest BCUT2D eigenvalue weighted by molar-refractivity contribution is 7.99. The van der Waals surface area contributed by atoms with E-state index in [0.717, 1.165) is 36.4 Å². The molecule has 3 nitrogen and oxygen atoms in total.